The summed E-state index contributed by atoms with van der Waals surface area (Å²) in [5, 5.41) is 82.8. The molecule has 0 radical (unpaired) electrons. The first-order valence-corrected chi connectivity index (χ1v) is 39.2. The largest absolute Gasteiger partial charge is 0.469 e. The molecule has 0 aromatic carbocycles. The number of amidine groups is 1. The summed E-state index contributed by atoms with van der Waals surface area (Å²) in [5.41, 5.74) is 15.9. The van der Waals surface area contributed by atoms with Crippen molar-refractivity contribution >= 4 is 91.4 Å². The minimum absolute atomic E-state index is 0.0104. The highest BCUT2D eigenvalue weighted by atomic mass is 127. The Kier molecular flexibility index (Phi) is 29.7. The number of aliphatic hydroxyl groups is 8. The van der Waals surface area contributed by atoms with Crippen molar-refractivity contribution in [1.29, 1.82) is 0 Å². The van der Waals surface area contributed by atoms with Gasteiger partial charge in [0.05, 0.1) is 36.6 Å². The Morgan fingerprint density at radius 1 is 0.600 bits per heavy atom. The van der Waals surface area contributed by atoms with Crippen molar-refractivity contribution < 1.29 is 145 Å². The van der Waals surface area contributed by atoms with E-state index in [0.717, 1.165) is 13.7 Å². The molecular weight excluding hydrogens is 1560 g/mol. The fraction of sp³-hybridized carbons (Fsp3) is 0.633. The van der Waals surface area contributed by atoms with Crippen LogP contribution in [0.3, 0.4) is 0 Å². The van der Waals surface area contributed by atoms with Crippen molar-refractivity contribution in [3.8, 4) is 0 Å². The summed E-state index contributed by atoms with van der Waals surface area (Å²) < 4.78 is 90.9. The van der Waals surface area contributed by atoms with Crippen molar-refractivity contribution in [1.82, 2.24) is 38.9 Å². The summed E-state index contributed by atoms with van der Waals surface area (Å²) in [6.07, 6.45) is -15.8. The number of hydrogen-bond donors (Lipinski definition) is 20. The van der Waals surface area contributed by atoms with E-state index < -0.39 is 181 Å². The van der Waals surface area contributed by atoms with Crippen LogP contribution in [-0.4, -0.2) is 240 Å². The van der Waals surface area contributed by atoms with E-state index in [1.807, 2.05) is 29.5 Å². The molecule has 1 amide bonds. The Morgan fingerprint density at radius 3 is 1.30 bits per heavy atom. The number of nitrogen functional groups attached to an aromatic ring is 3. The summed E-state index contributed by atoms with van der Waals surface area (Å²) in [6, 6.07) is 0. The fourth-order valence-corrected chi connectivity index (χ4v) is 11.8. The number of nitrogens with two attached hydrogens (primary N) is 3. The molecule has 0 aliphatic carbocycles. The van der Waals surface area contributed by atoms with Gasteiger partial charge in [-0.2, -0.15) is 15.0 Å². The topological polar surface area (TPSA) is 702 Å². The van der Waals surface area contributed by atoms with Crippen LogP contribution in [0.15, 0.2) is 62.1 Å². The van der Waals surface area contributed by atoms with Gasteiger partial charge in [-0.05, 0) is 54.1 Å². The normalized spacial score (nSPS) is 28.1. The molecule has 51 heteroatoms. The molecule has 8 unspecified atom stereocenters. The molecule has 4 saturated heterocycles. The van der Waals surface area contributed by atoms with Crippen LogP contribution in [0, 0.1) is 10.5 Å². The van der Waals surface area contributed by atoms with Crippen LogP contribution in [0.5, 0.6) is 0 Å². The Bertz CT molecular complexity index is 3730. The van der Waals surface area contributed by atoms with Gasteiger partial charge in [0.2, 0.25) is 5.91 Å². The zero-order valence-corrected chi connectivity index (χ0v) is 60.8. The third-order valence-electron chi connectivity index (χ3n) is 15.5. The number of nitrogens with zero attached hydrogens (tertiary/aromatic N) is 8. The molecule has 100 heavy (non-hydrogen) atoms. The Balaban J connectivity index is 0.000000242. The highest BCUT2D eigenvalue weighted by Gasteiger charge is 2.50. The molecule has 0 bridgehead atoms. The molecule has 3 aromatic rings. The van der Waals surface area contributed by atoms with Crippen LogP contribution in [0.2, 0.25) is 18.1 Å². The van der Waals surface area contributed by atoms with E-state index >= 15 is 0 Å². The third-order valence-corrected chi connectivity index (χ3v) is 22.7. The molecular formula is C49H81IN12O33P4Si. The maximum atomic E-state index is 12.3. The van der Waals surface area contributed by atoms with Gasteiger partial charge in [0, 0.05) is 48.4 Å². The van der Waals surface area contributed by atoms with Crippen LogP contribution in [0.4, 0.5) is 17.5 Å². The summed E-state index contributed by atoms with van der Waals surface area (Å²) in [7, 11) is -21.2. The van der Waals surface area contributed by atoms with Crippen LogP contribution in [0.25, 0.3) is 0 Å². The number of nitrogens with one attached hydrogen (secondary N) is 1. The molecule has 8 rings (SSSR count). The Morgan fingerprint density at radius 2 is 0.940 bits per heavy atom. The summed E-state index contributed by atoms with van der Waals surface area (Å²) in [6.45, 7) is 16.3. The number of halogens is 1. The number of aliphatic imine (C=N–C) groups is 1. The molecule has 4 fully saturated rings. The minimum atomic E-state index is -4.80. The number of aliphatic hydroxyl groups excluding tert-OH is 8. The Labute approximate surface area is 580 Å². The first-order valence-electron chi connectivity index (χ1n) is 29.1. The van der Waals surface area contributed by atoms with Crippen LogP contribution in [0.1, 0.15) is 70.9 Å². The predicted molar refractivity (Wildman–Crippen MR) is 349 cm³/mol. The predicted octanol–water partition coefficient (Wildman–Crippen LogP) is -4.75. The van der Waals surface area contributed by atoms with E-state index in [4.69, 9.17) is 79.7 Å². The molecule has 5 aliphatic rings. The zero-order valence-electron chi connectivity index (χ0n) is 54.1. The number of aryl methyl sites for hydroxylation is 1. The SMILES string of the molecule is C=C1N=C(NC(C)=O)C(CC)=CN1C1O[C@H](COP(=O)(O)O)[C@@H](O)C1O.CC(C)(C)[Si](C)(C)OCc1cn(C2O[C@H](COP(=O)(O)O)[C@@H](O)C2O)c(=O)nc1N.Cc1cn(C2O[C@H](COP(=O)(O)O)[C@@H](O)C2O)c(=O)nc1N.Nc1nc(=O)n(C2O[C@H](COP(=O)(O)O)[C@@H](O)C2O)cc1I. The van der Waals surface area contributed by atoms with E-state index in [1.165, 1.54) is 30.4 Å². The van der Waals surface area contributed by atoms with Gasteiger partial charge in [0.15, 0.2) is 33.2 Å². The number of hydrogen-bond acceptors (Lipinski definition) is 33. The van der Waals surface area contributed by atoms with Crippen molar-refractivity contribution in [2.75, 3.05) is 43.6 Å². The Hall–Kier alpha value is -4.67. The smallest absolute Gasteiger partial charge is 0.412 e. The van der Waals surface area contributed by atoms with Crippen molar-refractivity contribution in [2.24, 2.45) is 4.99 Å². The molecule has 0 saturated carbocycles. The van der Waals surface area contributed by atoms with Gasteiger partial charge in [-0.25, -0.2) is 37.6 Å². The molecule has 0 spiro atoms. The minimum Gasteiger partial charge on any atom is -0.412 e. The van der Waals surface area contributed by atoms with Crippen LogP contribution in [-0.2, 0) is 71.1 Å². The quantitative estimate of drug-likeness (QED) is 0.0287. The highest BCUT2D eigenvalue weighted by Crippen LogP contribution is 2.43. The number of phosphoric acid groups is 4. The summed E-state index contributed by atoms with van der Waals surface area (Å²) >= 11 is 1.82. The molecule has 8 heterocycles. The van der Waals surface area contributed by atoms with E-state index in [9.17, 15) is 78.3 Å². The number of rotatable bonds is 20. The standard InChI is InChI=1S/C16H30N3O9PSi.C14H22N3O8P.C10H16N3O8P.C9H13IN3O8P/c1-16(2,3)30(4,5)27-7-9-6-19(15(22)18-13(9)17)14-12(21)11(20)10(28-14)8-26-29(23,24)25;1-4-9-5-17(7(2)15-13(9)16-8(3)18)14-12(20)11(19)10(25-14)6-24-26(21,22)23;1-4-2-13(10(16)12-8(4)11)9-7(15)6(14)5(21-9)3-20-22(17,18)19;10-3-1-13(9(16)12-7(3)11)8-6(15)5(14)4(21-8)2-20-22(17,18)19/h6,10-12,14,20-21H,7-8H2,1-5H3,(H2,17,18,22)(H2,23,24,25);5,10-12,14,19-20H,2,4,6H2,1,3H3,(H,15,16,18)(H2,21,22,23);2,5-7,9,14-15H,3H2,1H3,(H2,11,12,16)(H2,17,18,19);1,4-6,8,14-15H,2H2,(H2,11,12,16)(H2,17,18,19)/t2*10-,11-,12?,14?;5-,6-,7?,9?;4-,5-,6?,8?/m1111/s1. The van der Waals surface area contributed by atoms with Gasteiger partial charge < -0.3 is 131 Å². The van der Waals surface area contributed by atoms with Crippen LogP contribution < -0.4 is 39.6 Å². The lowest BCUT2D eigenvalue weighted by Gasteiger charge is -2.36. The van der Waals surface area contributed by atoms with E-state index in [2.05, 4.69) is 83.8 Å². The first-order chi connectivity index (χ1) is 45.8. The second-order valence-corrected chi connectivity index (χ2v) is 34.8. The number of carbonyl (C=O) groups excluding carboxylic acids is 1. The lowest BCUT2D eigenvalue weighted by molar-refractivity contribution is -0.117. The molecule has 45 nitrogen and oxygen atoms in total. The van der Waals surface area contributed by atoms with Gasteiger partial charge in [-0.1, -0.05) is 34.3 Å². The highest BCUT2D eigenvalue weighted by molar-refractivity contribution is 14.1. The van der Waals surface area contributed by atoms with Crippen molar-refractivity contribution in [3.05, 3.63) is 88.9 Å². The fourth-order valence-electron chi connectivity index (χ4n) is 9.08. The van der Waals surface area contributed by atoms with Crippen LogP contribution >= 0.6 is 53.9 Å². The lowest BCUT2D eigenvalue weighted by Crippen LogP contribution is -2.43. The summed E-state index contributed by atoms with van der Waals surface area (Å²) in [4.78, 5) is 133. The monoisotopic (exact) mass is 1640 g/mol. The van der Waals surface area contributed by atoms with Crippen molar-refractivity contribution in [3.63, 3.8) is 0 Å². The van der Waals surface area contributed by atoms with Gasteiger partial charge in [-0.15, -0.1) is 0 Å². The molecule has 23 N–H and O–H groups in total. The molecule has 566 valence electrons. The number of aromatic nitrogens is 6. The number of anilines is 3. The first kappa shape index (κ1) is 86.0. The zero-order chi connectivity index (χ0) is 76.0. The van der Waals surface area contributed by atoms with E-state index in [0.29, 0.717) is 32.5 Å². The van der Waals surface area contributed by atoms with Gasteiger partial charge in [0.25, 0.3) is 0 Å². The average molecular weight is 1650 g/mol. The average Bonchev–Trinajstić information content (AvgIpc) is 1.62. The number of phosphoric ester groups is 4. The van der Waals surface area contributed by atoms with E-state index in [1.54, 1.807) is 13.1 Å². The molecule has 5 aliphatic heterocycles. The van der Waals surface area contributed by atoms with Gasteiger partial charge in [0.1, 0.15) is 102 Å². The molecule has 16 atom stereocenters. The third kappa shape index (κ3) is 23.4. The van der Waals surface area contributed by atoms with Gasteiger partial charge >= 0.3 is 48.4 Å². The van der Waals surface area contributed by atoms with E-state index in [-0.39, 0.29) is 40.8 Å². The second-order valence-electron chi connectivity index (χ2n) is 23.9. The number of ether oxygens (including phenoxy) is 4. The molecule has 3 aromatic heterocycles. The lowest BCUT2D eigenvalue weighted by atomic mass is 10.1. The summed E-state index contributed by atoms with van der Waals surface area (Å²) in [5.74, 6) is 0.192. The second kappa shape index (κ2) is 34.5. The maximum Gasteiger partial charge on any atom is 0.469 e. The number of carbonyl (C=O) groups is 1. The van der Waals surface area contributed by atoms with Crippen molar-refractivity contribution in [2.45, 2.75) is 171 Å². The van der Waals surface area contributed by atoms with Gasteiger partial charge in [-0.3, -0.25) is 36.6 Å². The maximum absolute atomic E-state index is 12.3. The number of amides is 1.